The number of anilines is 1. The van der Waals surface area contributed by atoms with Crippen molar-refractivity contribution in [2.75, 3.05) is 24.8 Å². The average Bonchev–Trinajstić information content (AvgIpc) is 2.37. The summed E-state index contributed by atoms with van der Waals surface area (Å²) in [7, 11) is -3.19. The van der Waals surface area contributed by atoms with Gasteiger partial charge in [-0.05, 0) is 6.42 Å². The van der Waals surface area contributed by atoms with Crippen molar-refractivity contribution in [3.8, 4) is 0 Å². The van der Waals surface area contributed by atoms with Crippen LogP contribution < -0.4 is 21.3 Å². The van der Waals surface area contributed by atoms with Crippen molar-refractivity contribution in [3.63, 3.8) is 0 Å². The van der Waals surface area contributed by atoms with Crippen LogP contribution in [0.3, 0.4) is 0 Å². The number of carbonyl (C=O) groups is 1. The van der Waals surface area contributed by atoms with Crippen molar-refractivity contribution in [2.24, 2.45) is 5.84 Å². The molecule has 19 heavy (non-hydrogen) atoms. The summed E-state index contributed by atoms with van der Waals surface area (Å²) in [4.78, 5) is 19.4. The minimum absolute atomic E-state index is 0.131. The number of amides is 1. The van der Waals surface area contributed by atoms with E-state index in [1.54, 1.807) is 0 Å². The molecule has 1 aromatic rings. The summed E-state index contributed by atoms with van der Waals surface area (Å²) in [6.45, 7) is 0.582. The van der Waals surface area contributed by atoms with Crippen LogP contribution in [0.15, 0.2) is 12.4 Å². The van der Waals surface area contributed by atoms with Gasteiger partial charge in [-0.1, -0.05) is 0 Å². The molecule has 1 amide bonds. The van der Waals surface area contributed by atoms with E-state index in [0.717, 1.165) is 6.26 Å². The molecule has 0 bridgehead atoms. The molecular formula is C9H16N6O3S. The molecule has 5 N–H and O–H groups in total. The third kappa shape index (κ3) is 6.08. The summed E-state index contributed by atoms with van der Waals surface area (Å²) in [5.74, 6) is 5.03. The summed E-state index contributed by atoms with van der Waals surface area (Å²) in [5, 5.41) is 2.59. The highest BCUT2D eigenvalue weighted by Gasteiger charge is 2.08. The first kappa shape index (κ1) is 15.3. The number of carbonyl (C=O) groups excluding carboxylic acids is 1. The molecule has 0 radical (unpaired) electrons. The normalized spacial score (nSPS) is 11.1. The highest BCUT2D eigenvalue weighted by molar-refractivity contribution is 7.88. The van der Waals surface area contributed by atoms with Gasteiger partial charge < -0.3 is 10.7 Å². The van der Waals surface area contributed by atoms with Gasteiger partial charge in [0.05, 0.1) is 18.6 Å². The van der Waals surface area contributed by atoms with Gasteiger partial charge in [-0.3, -0.25) is 9.78 Å². The Morgan fingerprint density at radius 2 is 2.11 bits per heavy atom. The van der Waals surface area contributed by atoms with Crippen LogP contribution in [0.5, 0.6) is 0 Å². The van der Waals surface area contributed by atoms with Crippen LogP contribution >= 0.6 is 0 Å². The van der Waals surface area contributed by atoms with Gasteiger partial charge >= 0.3 is 0 Å². The van der Waals surface area contributed by atoms with Crippen LogP contribution in [0.4, 0.5) is 5.82 Å². The van der Waals surface area contributed by atoms with Gasteiger partial charge in [0.2, 0.25) is 10.0 Å². The Labute approximate surface area is 111 Å². The first-order valence-electron chi connectivity index (χ1n) is 5.44. The first-order valence-corrected chi connectivity index (χ1v) is 7.33. The molecule has 106 valence electrons. The Morgan fingerprint density at radius 3 is 2.74 bits per heavy atom. The van der Waals surface area contributed by atoms with E-state index < -0.39 is 15.9 Å². The van der Waals surface area contributed by atoms with Crippen molar-refractivity contribution >= 4 is 21.7 Å². The summed E-state index contributed by atoms with van der Waals surface area (Å²) in [6, 6.07) is 0. The van der Waals surface area contributed by atoms with Crippen molar-refractivity contribution in [2.45, 2.75) is 6.42 Å². The Bertz CT molecular complexity index is 533. The number of nitrogens with zero attached hydrogens (tertiary/aromatic N) is 2. The number of hydrogen-bond donors (Lipinski definition) is 4. The number of rotatable bonds is 7. The van der Waals surface area contributed by atoms with Crippen LogP contribution in [0.25, 0.3) is 0 Å². The molecule has 0 spiro atoms. The quantitative estimate of drug-likeness (QED) is 0.270. The Morgan fingerprint density at radius 1 is 1.37 bits per heavy atom. The molecule has 0 saturated carbocycles. The maximum atomic E-state index is 11.7. The first-order chi connectivity index (χ1) is 8.92. The van der Waals surface area contributed by atoms with Crippen molar-refractivity contribution in [3.05, 3.63) is 18.1 Å². The van der Waals surface area contributed by atoms with E-state index in [2.05, 4.69) is 25.4 Å². The predicted molar refractivity (Wildman–Crippen MR) is 69.6 cm³/mol. The van der Waals surface area contributed by atoms with Crippen LogP contribution in [0, 0.1) is 0 Å². The van der Waals surface area contributed by atoms with Crippen molar-refractivity contribution in [1.29, 1.82) is 0 Å². The molecule has 0 aliphatic carbocycles. The lowest BCUT2D eigenvalue weighted by atomic mass is 10.4. The molecule has 0 aliphatic rings. The summed E-state index contributed by atoms with van der Waals surface area (Å²) >= 11 is 0. The maximum absolute atomic E-state index is 11.7. The summed E-state index contributed by atoms with van der Waals surface area (Å²) in [6.07, 6.45) is 4.24. The number of nitrogens with two attached hydrogens (primary N) is 1. The zero-order valence-corrected chi connectivity index (χ0v) is 11.2. The van der Waals surface area contributed by atoms with E-state index >= 15 is 0 Å². The smallest absolute Gasteiger partial charge is 0.271 e. The number of hydrazine groups is 1. The van der Waals surface area contributed by atoms with Crippen LogP contribution in [-0.2, 0) is 10.0 Å². The summed E-state index contributed by atoms with van der Waals surface area (Å²) in [5.41, 5.74) is 2.42. The lowest BCUT2D eigenvalue weighted by molar-refractivity contribution is 0.0948. The zero-order chi connectivity index (χ0) is 14.3. The molecular weight excluding hydrogens is 272 g/mol. The van der Waals surface area contributed by atoms with E-state index in [1.165, 1.54) is 12.4 Å². The number of sulfonamides is 1. The fourth-order valence-electron chi connectivity index (χ4n) is 1.18. The number of aromatic nitrogens is 2. The topological polar surface area (TPSA) is 139 Å². The molecule has 0 atom stereocenters. The van der Waals surface area contributed by atoms with Crippen LogP contribution in [0.1, 0.15) is 16.9 Å². The molecule has 0 aliphatic heterocycles. The molecule has 0 unspecified atom stereocenters. The standard InChI is InChI=1S/C9H16N6O3S/c1-19(17,18)13-4-2-3-12-9(16)7-5-11-6-8(14-7)15-10/h5-6,13H,2-4,10H2,1H3,(H,12,16)(H,14,15). The highest BCUT2D eigenvalue weighted by Crippen LogP contribution is 1.99. The lowest BCUT2D eigenvalue weighted by Crippen LogP contribution is -2.30. The lowest BCUT2D eigenvalue weighted by Gasteiger charge is -2.06. The van der Waals surface area contributed by atoms with Gasteiger partial charge in [-0.25, -0.2) is 24.0 Å². The zero-order valence-electron chi connectivity index (χ0n) is 10.4. The number of nitrogens with one attached hydrogen (secondary N) is 3. The minimum Gasteiger partial charge on any atom is -0.351 e. The molecule has 1 heterocycles. The second kappa shape index (κ2) is 6.97. The van der Waals surface area contributed by atoms with Crippen LogP contribution in [-0.4, -0.2) is 43.6 Å². The monoisotopic (exact) mass is 288 g/mol. The van der Waals surface area contributed by atoms with Gasteiger partial charge in [0.25, 0.3) is 5.91 Å². The third-order valence-corrected chi connectivity index (χ3v) is 2.75. The second-order valence-corrected chi connectivity index (χ2v) is 5.54. The third-order valence-electron chi connectivity index (χ3n) is 2.02. The Hall–Kier alpha value is -1.78. The fraction of sp³-hybridized carbons (Fsp3) is 0.444. The molecule has 0 fully saturated rings. The Kier molecular flexibility index (Phi) is 5.60. The predicted octanol–water partition coefficient (Wildman–Crippen LogP) is -1.57. The molecule has 9 nitrogen and oxygen atoms in total. The molecule has 10 heteroatoms. The molecule has 1 aromatic heterocycles. The van der Waals surface area contributed by atoms with Crippen molar-refractivity contribution < 1.29 is 13.2 Å². The SMILES string of the molecule is CS(=O)(=O)NCCCNC(=O)c1cncc(NN)n1. The Balaban J connectivity index is 2.35. The second-order valence-electron chi connectivity index (χ2n) is 3.71. The highest BCUT2D eigenvalue weighted by atomic mass is 32.2. The van der Waals surface area contributed by atoms with E-state index in [0.29, 0.717) is 13.0 Å². The minimum atomic E-state index is -3.19. The molecule has 1 rings (SSSR count). The number of hydrogen-bond acceptors (Lipinski definition) is 7. The van der Waals surface area contributed by atoms with Gasteiger partial charge in [0.15, 0.2) is 5.82 Å². The van der Waals surface area contributed by atoms with Gasteiger partial charge in [0, 0.05) is 13.1 Å². The van der Waals surface area contributed by atoms with Gasteiger partial charge in [0.1, 0.15) is 5.69 Å². The maximum Gasteiger partial charge on any atom is 0.271 e. The molecule has 0 saturated heterocycles. The fourth-order valence-corrected chi connectivity index (χ4v) is 1.70. The van der Waals surface area contributed by atoms with E-state index in [1.807, 2.05) is 0 Å². The van der Waals surface area contributed by atoms with E-state index in [-0.39, 0.29) is 18.1 Å². The number of nitrogen functional groups attached to an aromatic ring is 1. The van der Waals surface area contributed by atoms with E-state index in [9.17, 15) is 13.2 Å². The van der Waals surface area contributed by atoms with Crippen molar-refractivity contribution in [1.82, 2.24) is 20.0 Å². The van der Waals surface area contributed by atoms with Crippen LogP contribution in [0.2, 0.25) is 0 Å². The largest absolute Gasteiger partial charge is 0.351 e. The summed E-state index contributed by atoms with van der Waals surface area (Å²) < 4.78 is 23.9. The van der Waals surface area contributed by atoms with Gasteiger partial charge in [-0.15, -0.1) is 0 Å². The average molecular weight is 288 g/mol. The van der Waals surface area contributed by atoms with E-state index in [4.69, 9.17) is 5.84 Å². The molecule has 0 aromatic carbocycles. The van der Waals surface area contributed by atoms with Gasteiger partial charge in [-0.2, -0.15) is 0 Å².